The lowest BCUT2D eigenvalue weighted by Crippen LogP contribution is -2.49. The zero-order valence-corrected chi connectivity index (χ0v) is 14.0. The first kappa shape index (κ1) is 16.4. The first-order valence-electron chi connectivity index (χ1n) is 8.62. The van der Waals surface area contributed by atoms with E-state index in [1.807, 2.05) is 26.0 Å². The fourth-order valence-electron chi connectivity index (χ4n) is 3.27. The van der Waals surface area contributed by atoms with Crippen LogP contribution < -0.4 is 20.1 Å². The molecule has 0 aromatic heterocycles. The number of ether oxygens (including phenoxy) is 2. The van der Waals surface area contributed by atoms with Gasteiger partial charge >= 0.3 is 0 Å². The molecule has 2 atom stereocenters. The van der Waals surface area contributed by atoms with Gasteiger partial charge < -0.3 is 25.2 Å². The third-order valence-electron chi connectivity index (χ3n) is 4.32. The topological polar surface area (TPSA) is 66.0 Å². The van der Waals surface area contributed by atoms with Crippen LogP contribution in [0.5, 0.6) is 11.5 Å². The Hall–Kier alpha value is -1.50. The Morgan fingerprint density at radius 3 is 2.83 bits per heavy atom. The molecule has 3 aliphatic heterocycles. The lowest BCUT2D eigenvalue weighted by molar-refractivity contribution is 0.0542. The molecule has 1 aromatic carbocycles. The Bertz CT molecular complexity index is 532. The molecule has 3 heterocycles. The molecular formula is C17H27N3O3. The molecule has 0 bridgehead atoms. The molecule has 3 aliphatic rings. The number of anilines is 1. The van der Waals surface area contributed by atoms with Gasteiger partial charge in [0.05, 0.1) is 0 Å². The molecule has 6 nitrogen and oxygen atoms in total. The van der Waals surface area contributed by atoms with Gasteiger partial charge in [-0.15, -0.1) is 0 Å². The molecule has 6 heteroatoms. The number of piperazine rings is 1. The lowest BCUT2D eigenvalue weighted by atomic mass is 10.1. The number of fused-ring (bicyclic) bond motifs is 3. The van der Waals surface area contributed by atoms with E-state index >= 15 is 0 Å². The summed E-state index contributed by atoms with van der Waals surface area (Å²) in [4.78, 5) is 2.41. The highest BCUT2D eigenvalue weighted by molar-refractivity contribution is 5.66. The average molecular weight is 321 g/mol. The van der Waals surface area contributed by atoms with Crippen LogP contribution >= 0.6 is 0 Å². The maximum absolute atomic E-state index is 9.76. The summed E-state index contributed by atoms with van der Waals surface area (Å²) in [6.07, 6.45) is 0.103. The van der Waals surface area contributed by atoms with Crippen molar-refractivity contribution in [1.82, 2.24) is 10.2 Å². The molecule has 2 unspecified atom stereocenters. The Balaban J connectivity index is 0.000000753. The molecule has 0 radical (unpaired) electrons. The number of aliphatic hydroxyl groups excluding tert-OH is 1. The van der Waals surface area contributed by atoms with E-state index in [1.165, 1.54) is 0 Å². The molecule has 1 fully saturated rings. The van der Waals surface area contributed by atoms with Crippen LogP contribution in [0.3, 0.4) is 0 Å². The second-order valence-corrected chi connectivity index (χ2v) is 5.88. The van der Waals surface area contributed by atoms with Gasteiger partial charge in [0.25, 0.3) is 0 Å². The van der Waals surface area contributed by atoms with E-state index in [9.17, 15) is 5.11 Å². The highest BCUT2D eigenvalue weighted by Crippen LogP contribution is 2.42. The molecule has 0 spiro atoms. The largest absolute Gasteiger partial charge is 0.486 e. The minimum Gasteiger partial charge on any atom is -0.486 e. The van der Waals surface area contributed by atoms with Gasteiger partial charge in [0.15, 0.2) is 11.5 Å². The Morgan fingerprint density at radius 2 is 2.04 bits per heavy atom. The Kier molecular flexibility index (Phi) is 5.25. The highest BCUT2D eigenvalue weighted by Gasteiger charge is 2.30. The van der Waals surface area contributed by atoms with Gasteiger partial charge in [0.1, 0.15) is 18.9 Å². The third kappa shape index (κ3) is 3.54. The van der Waals surface area contributed by atoms with Crippen LogP contribution in [0.15, 0.2) is 12.1 Å². The highest BCUT2D eigenvalue weighted by atomic mass is 16.6. The van der Waals surface area contributed by atoms with Crippen LogP contribution in [-0.4, -0.2) is 61.7 Å². The van der Waals surface area contributed by atoms with E-state index in [1.54, 1.807) is 0 Å². The van der Waals surface area contributed by atoms with E-state index in [0.717, 1.165) is 55.5 Å². The van der Waals surface area contributed by atoms with Crippen molar-refractivity contribution in [2.24, 2.45) is 0 Å². The molecule has 23 heavy (non-hydrogen) atoms. The second kappa shape index (κ2) is 7.38. The quantitative estimate of drug-likeness (QED) is 0.756. The van der Waals surface area contributed by atoms with E-state index in [4.69, 9.17) is 9.47 Å². The van der Waals surface area contributed by atoms with Crippen LogP contribution in [0, 0.1) is 0 Å². The molecular weight excluding hydrogens is 294 g/mol. The molecule has 1 saturated heterocycles. The van der Waals surface area contributed by atoms with E-state index in [-0.39, 0.29) is 6.10 Å². The molecule has 1 aromatic rings. The molecule has 3 N–H and O–H groups in total. The van der Waals surface area contributed by atoms with Crippen LogP contribution in [0.25, 0.3) is 0 Å². The standard InChI is InChI=1S/C15H21N3O3.C2H6/c19-14-7-11-12(17-14)1-2-13-15(11)21-10(9-20-13)8-18-5-3-16-4-6-18;1-2/h1-2,10,14,16-17,19H,3-9H2;1-2H3. The van der Waals surface area contributed by atoms with Gasteiger partial charge in [0, 0.05) is 50.4 Å². The van der Waals surface area contributed by atoms with Crippen molar-refractivity contribution in [3.05, 3.63) is 17.7 Å². The summed E-state index contributed by atoms with van der Waals surface area (Å²) in [6, 6.07) is 3.87. The zero-order chi connectivity index (χ0) is 16.2. The molecule has 0 amide bonds. The van der Waals surface area contributed by atoms with Gasteiger partial charge in [-0.2, -0.15) is 0 Å². The van der Waals surface area contributed by atoms with Gasteiger partial charge in [-0.3, -0.25) is 4.90 Å². The fraction of sp³-hybridized carbons (Fsp3) is 0.647. The smallest absolute Gasteiger partial charge is 0.167 e. The van der Waals surface area contributed by atoms with Crippen LogP contribution in [0.2, 0.25) is 0 Å². The average Bonchev–Trinajstić information content (AvgIpc) is 2.98. The zero-order valence-electron chi connectivity index (χ0n) is 14.0. The molecule has 128 valence electrons. The summed E-state index contributed by atoms with van der Waals surface area (Å²) >= 11 is 0. The maximum atomic E-state index is 9.76. The van der Waals surface area contributed by atoms with Gasteiger partial charge in [-0.05, 0) is 12.1 Å². The second-order valence-electron chi connectivity index (χ2n) is 5.88. The molecule has 0 saturated carbocycles. The predicted molar refractivity (Wildman–Crippen MR) is 90.3 cm³/mol. The predicted octanol–water partition coefficient (Wildman–Crippen LogP) is 1.04. The van der Waals surface area contributed by atoms with Crippen molar-refractivity contribution in [2.75, 3.05) is 44.6 Å². The monoisotopic (exact) mass is 321 g/mol. The van der Waals surface area contributed by atoms with Crippen LogP contribution in [-0.2, 0) is 6.42 Å². The van der Waals surface area contributed by atoms with Crippen molar-refractivity contribution in [3.8, 4) is 11.5 Å². The number of aliphatic hydroxyl groups is 1. The lowest BCUT2D eigenvalue weighted by Gasteiger charge is -2.34. The normalized spacial score (nSPS) is 25.9. The molecule has 4 rings (SSSR count). The number of hydrogen-bond acceptors (Lipinski definition) is 6. The Labute approximate surface area is 137 Å². The number of benzene rings is 1. The number of rotatable bonds is 2. The van der Waals surface area contributed by atoms with Crippen molar-refractivity contribution >= 4 is 5.69 Å². The molecule has 0 aliphatic carbocycles. The summed E-state index contributed by atoms with van der Waals surface area (Å²) in [7, 11) is 0. The van der Waals surface area contributed by atoms with Gasteiger partial charge in [-0.1, -0.05) is 13.8 Å². The third-order valence-corrected chi connectivity index (χ3v) is 4.32. The summed E-state index contributed by atoms with van der Waals surface area (Å²) in [5.41, 5.74) is 1.98. The van der Waals surface area contributed by atoms with E-state index < -0.39 is 6.23 Å². The first-order chi connectivity index (χ1) is 11.3. The SMILES string of the molecule is CC.OC1Cc2c(ccc3c2OC(CN2CCNCC2)CO3)N1. The van der Waals surface area contributed by atoms with E-state index in [0.29, 0.717) is 13.0 Å². The van der Waals surface area contributed by atoms with Gasteiger partial charge in [-0.25, -0.2) is 0 Å². The van der Waals surface area contributed by atoms with Crippen LogP contribution in [0.1, 0.15) is 19.4 Å². The van der Waals surface area contributed by atoms with Crippen molar-refractivity contribution in [3.63, 3.8) is 0 Å². The number of nitrogens with zero attached hydrogens (tertiary/aromatic N) is 1. The van der Waals surface area contributed by atoms with Crippen molar-refractivity contribution < 1.29 is 14.6 Å². The number of nitrogens with one attached hydrogen (secondary N) is 2. The minimum atomic E-state index is -0.524. The maximum Gasteiger partial charge on any atom is 0.167 e. The fourth-order valence-corrected chi connectivity index (χ4v) is 3.27. The van der Waals surface area contributed by atoms with Crippen molar-refractivity contribution in [2.45, 2.75) is 32.6 Å². The first-order valence-corrected chi connectivity index (χ1v) is 8.62. The number of hydrogen-bond donors (Lipinski definition) is 3. The van der Waals surface area contributed by atoms with Crippen molar-refractivity contribution in [1.29, 1.82) is 0 Å². The minimum absolute atomic E-state index is 0.0554. The summed E-state index contributed by atoms with van der Waals surface area (Å²) in [5, 5.41) is 16.2. The Morgan fingerprint density at radius 1 is 1.26 bits per heavy atom. The van der Waals surface area contributed by atoms with Crippen LogP contribution in [0.4, 0.5) is 5.69 Å². The summed E-state index contributed by atoms with van der Waals surface area (Å²) < 4.78 is 12.0. The van der Waals surface area contributed by atoms with Gasteiger partial charge in [0.2, 0.25) is 0 Å². The summed E-state index contributed by atoms with van der Waals surface area (Å²) in [6.45, 7) is 9.66. The summed E-state index contributed by atoms with van der Waals surface area (Å²) in [5.74, 6) is 1.60. The van der Waals surface area contributed by atoms with E-state index in [2.05, 4.69) is 15.5 Å².